The van der Waals surface area contributed by atoms with Crippen molar-refractivity contribution in [3.8, 4) is 5.69 Å². The maximum Gasteiger partial charge on any atom is 0.435 e. The van der Waals surface area contributed by atoms with Crippen molar-refractivity contribution in [1.82, 2.24) is 15.1 Å². The number of nitrogens with one attached hydrogen (secondary N) is 1. The van der Waals surface area contributed by atoms with E-state index in [1.54, 1.807) is 12.1 Å². The lowest BCUT2D eigenvalue weighted by molar-refractivity contribution is -0.141. The van der Waals surface area contributed by atoms with Crippen molar-refractivity contribution >= 4 is 0 Å². The third-order valence-corrected chi connectivity index (χ3v) is 3.25. The van der Waals surface area contributed by atoms with Gasteiger partial charge in [-0.25, -0.2) is 4.68 Å². The lowest BCUT2D eigenvalue weighted by Gasteiger charge is -2.06. The van der Waals surface area contributed by atoms with Gasteiger partial charge >= 0.3 is 6.18 Å². The Kier molecular flexibility index (Phi) is 3.25. The molecule has 106 valence electrons. The normalized spacial score (nSPS) is 15.6. The summed E-state index contributed by atoms with van der Waals surface area (Å²) in [6.07, 6.45) is -0.628. The second-order valence-electron chi connectivity index (χ2n) is 4.96. The van der Waals surface area contributed by atoms with Gasteiger partial charge in [0.15, 0.2) is 5.69 Å². The van der Waals surface area contributed by atoms with E-state index in [1.807, 2.05) is 12.1 Å². The molecule has 1 aliphatic rings. The van der Waals surface area contributed by atoms with Crippen LogP contribution in [0.4, 0.5) is 13.2 Å². The summed E-state index contributed by atoms with van der Waals surface area (Å²) in [4.78, 5) is 0. The van der Waals surface area contributed by atoms with E-state index < -0.39 is 11.9 Å². The maximum absolute atomic E-state index is 12.5. The van der Waals surface area contributed by atoms with Gasteiger partial charge in [0.25, 0.3) is 0 Å². The fourth-order valence-electron chi connectivity index (χ4n) is 1.94. The third-order valence-electron chi connectivity index (χ3n) is 3.25. The molecule has 0 unspecified atom stereocenters. The number of benzene rings is 1. The van der Waals surface area contributed by atoms with Crippen molar-refractivity contribution in [1.29, 1.82) is 0 Å². The van der Waals surface area contributed by atoms with Crippen LogP contribution in [-0.4, -0.2) is 15.8 Å². The van der Waals surface area contributed by atoms with E-state index in [2.05, 4.69) is 10.4 Å². The van der Waals surface area contributed by atoms with Crippen LogP contribution in [0.1, 0.15) is 24.1 Å². The van der Waals surface area contributed by atoms with Crippen molar-refractivity contribution in [3.05, 3.63) is 47.8 Å². The number of rotatable bonds is 4. The van der Waals surface area contributed by atoms with Crippen LogP contribution in [0.25, 0.3) is 5.69 Å². The van der Waals surface area contributed by atoms with Crippen LogP contribution >= 0.6 is 0 Å². The second kappa shape index (κ2) is 4.94. The molecule has 1 aromatic carbocycles. The van der Waals surface area contributed by atoms with Crippen LogP contribution in [0.2, 0.25) is 0 Å². The zero-order valence-electron chi connectivity index (χ0n) is 10.7. The summed E-state index contributed by atoms with van der Waals surface area (Å²) >= 11 is 0. The molecule has 0 amide bonds. The summed E-state index contributed by atoms with van der Waals surface area (Å²) < 4.78 is 38.7. The van der Waals surface area contributed by atoms with E-state index >= 15 is 0 Å². The Labute approximate surface area is 114 Å². The van der Waals surface area contributed by atoms with Gasteiger partial charge in [0.05, 0.1) is 5.69 Å². The van der Waals surface area contributed by atoms with Gasteiger partial charge in [-0.2, -0.15) is 18.3 Å². The molecule has 0 aliphatic heterocycles. The number of hydrogen-bond acceptors (Lipinski definition) is 2. The molecular weight excluding hydrogens is 267 g/mol. The minimum atomic E-state index is -4.40. The van der Waals surface area contributed by atoms with Gasteiger partial charge in [-0.1, -0.05) is 12.1 Å². The van der Waals surface area contributed by atoms with Gasteiger partial charge in [0.2, 0.25) is 0 Å². The molecule has 1 fully saturated rings. The van der Waals surface area contributed by atoms with Crippen molar-refractivity contribution in [2.75, 3.05) is 0 Å². The summed E-state index contributed by atoms with van der Waals surface area (Å²) in [6.45, 7) is 0.790. The van der Waals surface area contributed by atoms with E-state index in [9.17, 15) is 13.2 Å². The van der Waals surface area contributed by atoms with E-state index in [4.69, 9.17) is 0 Å². The monoisotopic (exact) mass is 281 g/mol. The first-order valence-electron chi connectivity index (χ1n) is 6.48. The molecule has 2 aromatic rings. The molecule has 1 N–H and O–H groups in total. The van der Waals surface area contributed by atoms with E-state index in [0.717, 1.165) is 18.2 Å². The molecule has 0 atom stereocenters. The fourth-order valence-corrected chi connectivity index (χ4v) is 1.94. The zero-order valence-corrected chi connectivity index (χ0v) is 10.7. The number of alkyl halides is 3. The van der Waals surface area contributed by atoms with Crippen LogP contribution in [0, 0.1) is 0 Å². The lowest BCUT2D eigenvalue weighted by Crippen LogP contribution is -2.15. The topological polar surface area (TPSA) is 29.9 Å². The molecule has 20 heavy (non-hydrogen) atoms. The highest BCUT2D eigenvalue weighted by molar-refractivity contribution is 5.34. The summed E-state index contributed by atoms with van der Waals surface area (Å²) in [5, 5.41) is 6.93. The molecule has 3 rings (SSSR count). The first kappa shape index (κ1) is 13.2. The van der Waals surface area contributed by atoms with Gasteiger partial charge < -0.3 is 5.32 Å². The highest BCUT2D eigenvalue weighted by atomic mass is 19.4. The number of halogens is 3. The van der Waals surface area contributed by atoms with E-state index in [1.165, 1.54) is 23.7 Å². The molecule has 1 aromatic heterocycles. The predicted molar refractivity (Wildman–Crippen MR) is 68.4 cm³/mol. The smallest absolute Gasteiger partial charge is 0.310 e. The molecule has 0 saturated heterocycles. The predicted octanol–water partition coefficient (Wildman–Crippen LogP) is 3.14. The highest BCUT2D eigenvalue weighted by Gasteiger charge is 2.33. The SMILES string of the molecule is FC(F)(F)c1ccn(-c2ccc(CNC3CC3)cc2)n1. The quantitative estimate of drug-likeness (QED) is 0.933. The number of nitrogens with zero attached hydrogens (tertiary/aromatic N) is 2. The molecular formula is C14H14F3N3. The van der Waals surface area contributed by atoms with Crippen molar-refractivity contribution in [2.45, 2.75) is 31.6 Å². The molecule has 1 saturated carbocycles. The Hall–Kier alpha value is -1.82. The van der Waals surface area contributed by atoms with Crippen molar-refractivity contribution in [3.63, 3.8) is 0 Å². The minimum Gasteiger partial charge on any atom is -0.310 e. The molecule has 0 bridgehead atoms. The molecule has 1 heterocycles. The minimum absolute atomic E-state index is 0.621. The Balaban J connectivity index is 1.71. The van der Waals surface area contributed by atoms with E-state index in [0.29, 0.717) is 11.7 Å². The summed E-state index contributed by atoms with van der Waals surface area (Å²) in [7, 11) is 0. The van der Waals surface area contributed by atoms with E-state index in [-0.39, 0.29) is 0 Å². The summed E-state index contributed by atoms with van der Waals surface area (Å²) in [5.74, 6) is 0. The van der Waals surface area contributed by atoms with Crippen molar-refractivity contribution < 1.29 is 13.2 Å². The van der Waals surface area contributed by atoms with Crippen LogP contribution < -0.4 is 5.32 Å². The Morgan fingerprint density at radius 1 is 1.15 bits per heavy atom. The number of hydrogen-bond donors (Lipinski definition) is 1. The molecule has 1 aliphatic carbocycles. The largest absolute Gasteiger partial charge is 0.435 e. The van der Waals surface area contributed by atoms with Crippen LogP contribution in [0.5, 0.6) is 0 Å². The van der Waals surface area contributed by atoms with Gasteiger partial charge in [-0.3, -0.25) is 0 Å². The van der Waals surface area contributed by atoms with Gasteiger partial charge in [-0.05, 0) is 36.6 Å². The molecule has 6 heteroatoms. The second-order valence-corrected chi connectivity index (χ2v) is 4.96. The fraction of sp³-hybridized carbons (Fsp3) is 0.357. The first-order chi connectivity index (χ1) is 9.52. The van der Waals surface area contributed by atoms with Crippen molar-refractivity contribution in [2.24, 2.45) is 0 Å². The van der Waals surface area contributed by atoms with Gasteiger partial charge in [0.1, 0.15) is 0 Å². The Bertz CT molecular complexity index is 582. The molecule has 0 spiro atoms. The lowest BCUT2D eigenvalue weighted by atomic mass is 10.2. The van der Waals surface area contributed by atoms with Crippen LogP contribution in [-0.2, 0) is 12.7 Å². The summed E-state index contributed by atoms with van der Waals surface area (Å²) in [6, 6.07) is 8.96. The average Bonchev–Trinajstić information content (AvgIpc) is 3.09. The standard InChI is InChI=1S/C14H14F3N3/c15-14(16,17)13-7-8-20(19-13)12-5-1-10(2-6-12)9-18-11-3-4-11/h1-2,5-8,11,18H,3-4,9H2. The molecule has 3 nitrogen and oxygen atoms in total. The Morgan fingerprint density at radius 2 is 1.85 bits per heavy atom. The molecule has 0 radical (unpaired) electrons. The highest BCUT2D eigenvalue weighted by Crippen LogP contribution is 2.27. The average molecular weight is 281 g/mol. The van der Waals surface area contributed by atoms with Crippen LogP contribution in [0.3, 0.4) is 0 Å². The van der Waals surface area contributed by atoms with Gasteiger partial charge in [0, 0.05) is 18.8 Å². The first-order valence-corrected chi connectivity index (χ1v) is 6.48. The summed E-state index contributed by atoms with van der Waals surface area (Å²) in [5.41, 5.74) is 0.858. The van der Waals surface area contributed by atoms with Crippen LogP contribution in [0.15, 0.2) is 36.5 Å². The van der Waals surface area contributed by atoms with Gasteiger partial charge in [-0.15, -0.1) is 0 Å². The number of aromatic nitrogens is 2. The Morgan fingerprint density at radius 3 is 2.40 bits per heavy atom. The third kappa shape index (κ3) is 3.01. The zero-order chi connectivity index (χ0) is 14.2. The maximum atomic E-state index is 12.5.